The van der Waals surface area contributed by atoms with Crippen LogP contribution in [0, 0.1) is 34.0 Å². The Morgan fingerprint density at radius 3 is 1.41 bits per heavy atom. The number of hydrogen-bond acceptors (Lipinski definition) is 3. The van der Waals surface area contributed by atoms with E-state index in [1.54, 1.807) is 0 Å². The van der Waals surface area contributed by atoms with Crippen molar-refractivity contribution in [1.29, 1.82) is 15.8 Å². The number of nitrogens with zero attached hydrogens (tertiary/aromatic N) is 4. The lowest BCUT2D eigenvalue weighted by molar-refractivity contribution is 1.18. The highest BCUT2D eigenvalue weighted by molar-refractivity contribution is 6.22. The zero-order chi connectivity index (χ0) is 34.5. The van der Waals surface area contributed by atoms with Crippen molar-refractivity contribution in [3.05, 3.63) is 174 Å². The van der Waals surface area contributed by atoms with Gasteiger partial charge in [0.2, 0.25) is 0 Å². The van der Waals surface area contributed by atoms with Crippen LogP contribution in [0.5, 0.6) is 0 Å². The van der Waals surface area contributed by atoms with E-state index in [1.165, 1.54) is 21.9 Å². The molecule has 0 radical (unpaired) electrons. The third-order valence-corrected chi connectivity index (χ3v) is 9.85. The van der Waals surface area contributed by atoms with Crippen molar-refractivity contribution in [3.63, 3.8) is 0 Å². The van der Waals surface area contributed by atoms with Crippen LogP contribution >= 0.6 is 0 Å². The average Bonchev–Trinajstić information content (AvgIpc) is 3.52. The first-order valence-corrected chi connectivity index (χ1v) is 16.7. The van der Waals surface area contributed by atoms with Crippen molar-refractivity contribution in [3.8, 4) is 57.3 Å². The van der Waals surface area contributed by atoms with Crippen LogP contribution in [0.1, 0.15) is 16.7 Å². The van der Waals surface area contributed by atoms with Crippen LogP contribution in [0.3, 0.4) is 0 Å². The van der Waals surface area contributed by atoms with Gasteiger partial charge < -0.3 is 4.57 Å². The van der Waals surface area contributed by atoms with Crippen LogP contribution in [-0.4, -0.2) is 4.57 Å². The van der Waals surface area contributed by atoms with Gasteiger partial charge in [-0.25, -0.2) is 0 Å². The Morgan fingerprint density at radius 1 is 0.353 bits per heavy atom. The molecule has 1 heterocycles. The number of aromatic nitrogens is 1. The molecular formula is C47H26N4. The summed E-state index contributed by atoms with van der Waals surface area (Å²) < 4.78 is 2.18. The van der Waals surface area contributed by atoms with E-state index in [4.69, 9.17) is 0 Å². The minimum absolute atomic E-state index is 0.563. The van der Waals surface area contributed by atoms with Crippen molar-refractivity contribution >= 4 is 43.4 Å². The SMILES string of the molecule is N#Cc1ccc(-c2c3ccccc3c(-c3ccccc3)c3ccccc23)c(-c2cccc(-n3c4ccc(C#N)cc4c4cc(C#N)ccc43)c2)c1. The Bertz CT molecular complexity index is 2870. The van der Waals surface area contributed by atoms with Crippen LogP contribution in [0.2, 0.25) is 0 Å². The highest BCUT2D eigenvalue weighted by Gasteiger charge is 2.20. The molecule has 0 unspecified atom stereocenters. The van der Waals surface area contributed by atoms with Gasteiger partial charge in [-0.15, -0.1) is 0 Å². The predicted molar refractivity (Wildman–Crippen MR) is 206 cm³/mol. The van der Waals surface area contributed by atoms with Gasteiger partial charge in [0, 0.05) is 16.5 Å². The van der Waals surface area contributed by atoms with Crippen LogP contribution in [0.4, 0.5) is 0 Å². The second-order valence-electron chi connectivity index (χ2n) is 12.7. The lowest BCUT2D eigenvalue weighted by Crippen LogP contribution is -1.96. The summed E-state index contributed by atoms with van der Waals surface area (Å²) in [6.45, 7) is 0. The molecule has 234 valence electrons. The standard InChI is InChI=1S/C47H26N4/c48-27-30-17-20-40(47-38-15-6-4-13-36(38)46(33-9-2-1-3-10-33)37-14-5-7-16-39(37)47)41(23-30)34-11-8-12-35(26-34)51-44-21-18-31(28-49)24-42(44)43-25-32(29-50)19-22-45(43)51/h1-26H. The van der Waals surface area contributed by atoms with Gasteiger partial charge in [0.25, 0.3) is 0 Å². The van der Waals surface area contributed by atoms with E-state index in [-0.39, 0.29) is 0 Å². The highest BCUT2D eigenvalue weighted by atomic mass is 15.0. The lowest BCUT2D eigenvalue weighted by Gasteiger charge is -2.20. The van der Waals surface area contributed by atoms with Gasteiger partial charge in [-0.1, -0.05) is 97.1 Å². The third kappa shape index (κ3) is 4.74. The minimum Gasteiger partial charge on any atom is -0.309 e. The fourth-order valence-electron chi connectivity index (χ4n) is 7.66. The summed E-state index contributed by atoms with van der Waals surface area (Å²) in [5.74, 6) is 0. The fourth-order valence-corrected chi connectivity index (χ4v) is 7.66. The van der Waals surface area contributed by atoms with E-state index in [0.717, 1.165) is 60.5 Å². The summed E-state index contributed by atoms with van der Waals surface area (Å²) in [5, 5.41) is 35.9. The molecule has 0 aliphatic carbocycles. The quantitative estimate of drug-likeness (QED) is 0.179. The second kappa shape index (κ2) is 11.9. The van der Waals surface area contributed by atoms with E-state index in [2.05, 4.69) is 120 Å². The lowest BCUT2D eigenvalue weighted by atomic mass is 9.83. The third-order valence-electron chi connectivity index (χ3n) is 9.85. The first kappa shape index (κ1) is 29.7. The molecule has 0 N–H and O–H groups in total. The monoisotopic (exact) mass is 646 g/mol. The molecule has 51 heavy (non-hydrogen) atoms. The summed E-state index contributed by atoms with van der Waals surface area (Å²) in [6.07, 6.45) is 0. The molecule has 9 aromatic rings. The molecule has 0 spiro atoms. The molecule has 1 aromatic heterocycles. The van der Waals surface area contributed by atoms with Crippen molar-refractivity contribution in [2.75, 3.05) is 0 Å². The number of hydrogen-bond donors (Lipinski definition) is 0. The first-order chi connectivity index (χ1) is 25.2. The molecule has 8 aromatic carbocycles. The van der Waals surface area contributed by atoms with Crippen molar-refractivity contribution in [2.45, 2.75) is 0 Å². The van der Waals surface area contributed by atoms with Crippen LogP contribution < -0.4 is 0 Å². The maximum Gasteiger partial charge on any atom is 0.0991 e. The van der Waals surface area contributed by atoms with Crippen LogP contribution in [-0.2, 0) is 0 Å². The highest BCUT2D eigenvalue weighted by Crippen LogP contribution is 2.46. The number of rotatable bonds is 4. The van der Waals surface area contributed by atoms with Gasteiger partial charge >= 0.3 is 0 Å². The van der Waals surface area contributed by atoms with Crippen LogP contribution in [0.15, 0.2) is 158 Å². The average molecular weight is 647 g/mol. The minimum atomic E-state index is 0.563. The zero-order valence-electron chi connectivity index (χ0n) is 27.3. The molecule has 0 aliphatic heterocycles. The molecule has 0 amide bonds. The Balaban J connectivity index is 1.33. The largest absolute Gasteiger partial charge is 0.309 e. The van der Waals surface area contributed by atoms with Gasteiger partial charge in [-0.3, -0.25) is 0 Å². The number of benzene rings is 8. The summed E-state index contributed by atoms with van der Waals surface area (Å²) in [5.41, 5.74) is 11.0. The molecule has 4 heteroatoms. The second-order valence-corrected chi connectivity index (χ2v) is 12.7. The molecule has 9 rings (SSSR count). The summed E-state index contributed by atoms with van der Waals surface area (Å²) >= 11 is 0. The van der Waals surface area contributed by atoms with Gasteiger partial charge in [0.1, 0.15) is 0 Å². The first-order valence-electron chi connectivity index (χ1n) is 16.7. The van der Waals surface area contributed by atoms with Gasteiger partial charge in [-0.2, -0.15) is 15.8 Å². The van der Waals surface area contributed by atoms with E-state index in [0.29, 0.717) is 16.7 Å². The van der Waals surface area contributed by atoms with E-state index in [9.17, 15) is 15.8 Å². The number of nitriles is 3. The van der Waals surface area contributed by atoms with E-state index < -0.39 is 0 Å². The molecule has 0 atom stereocenters. The summed E-state index contributed by atoms with van der Waals surface area (Å²) in [7, 11) is 0. The Morgan fingerprint density at radius 2 is 0.843 bits per heavy atom. The normalized spacial score (nSPS) is 11.1. The van der Waals surface area contributed by atoms with Crippen molar-refractivity contribution in [1.82, 2.24) is 4.57 Å². The molecule has 4 nitrogen and oxygen atoms in total. The summed E-state index contributed by atoms with van der Waals surface area (Å²) in [4.78, 5) is 0. The van der Waals surface area contributed by atoms with E-state index >= 15 is 0 Å². The Kier molecular flexibility index (Phi) is 6.93. The topological polar surface area (TPSA) is 76.3 Å². The molecule has 0 aliphatic rings. The Labute approximate surface area is 294 Å². The summed E-state index contributed by atoms with van der Waals surface area (Å²) in [6, 6.07) is 60.4. The van der Waals surface area contributed by atoms with Crippen molar-refractivity contribution in [2.24, 2.45) is 0 Å². The molecule has 0 bridgehead atoms. The molecular weight excluding hydrogens is 621 g/mol. The smallest absolute Gasteiger partial charge is 0.0991 e. The molecule has 0 saturated heterocycles. The Hall–Kier alpha value is -7.45. The fraction of sp³-hybridized carbons (Fsp3) is 0. The van der Waals surface area contributed by atoms with Crippen molar-refractivity contribution < 1.29 is 0 Å². The van der Waals surface area contributed by atoms with Crippen LogP contribution in [0.25, 0.3) is 82.4 Å². The van der Waals surface area contributed by atoms with Gasteiger partial charge in [-0.05, 0) is 116 Å². The maximum atomic E-state index is 10.1. The number of fused-ring (bicyclic) bond motifs is 5. The molecule has 0 fully saturated rings. The maximum absolute atomic E-state index is 10.1. The van der Waals surface area contributed by atoms with Gasteiger partial charge in [0.15, 0.2) is 0 Å². The van der Waals surface area contributed by atoms with Gasteiger partial charge in [0.05, 0.1) is 45.9 Å². The molecule has 0 saturated carbocycles. The van der Waals surface area contributed by atoms with E-state index in [1.807, 2.05) is 60.7 Å². The predicted octanol–water partition coefficient (Wildman–Crippen LogP) is 11.7. The zero-order valence-corrected chi connectivity index (χ0v) is 27.3.